The summed E-state index contributed by atoms with van der Waals surface area (Å²) in [5, 5.41) is 13.6. The molecule has 0 bridgehead atoms. The fraction of sp³-hybridized carbons (Fsp3) is 0.333. The lowest BCUT2D eigenvalue weighted by atomic mass is 9.98. The highest BCUT2D eigenvalue weighted by atomic mass is 35.5. The Hall–Kier alpha value is -2.54. The Labute approximate surface area is 186 Å². The standard InChI is InChI=1S/C18H19ClN4O6S2/c1-10(14-16(25)20-18(27)30-17(14)26)21-22-15(24)11-6-8-23(9-7-11)31(28,29)13-4-2-12(19)3-5-13/h2-5,11,26H,6-9H2,1H3,(H,22,24)(H,20,25,27). The maximum absolute atomic E-state index is 12.7. The molecule has 31 heavy (non-hydrogen) atoms. The molecule has 1 aromatic heterocycles. The van der Waals surface area contributed by atoms with Crippen LogP contribution in [-0.4, -0.2) is 47.5 Å². The van der Waals surface area contributed by atoms with Gasteiger partial charge in [0.1, 0.15) is 5.56 Å². The molecule has 1 saturated heterocycles. The van der Waals surface area contributed by atoms with E-state index in [9.17, 15) is 27.9 Å². The maximum atomic E-state index is 12.7. The van der Waals surface area contributed by atoms with Gasteiger partial charge in [0.2, 0.25) is 15.9 Å². The van der Waals surface area contributed by atoms with Crippen LogP contribution in [0.4, 0.5) is 0 Å². The highest BCUT2D eigenvalue weighted by molar-refractivity contribution is 7.89. The minimum Gasteiger partial charge on any atom is -0.499 e. The number of rotatable bonds is 5. The van der Waals surface area contributed by atoms with Gasteiger partial charge in [0, 0.05) is 24.0 Å². The Morgan fingerprint density at radius 3 is 2.45 bits per heavy atom. The Bertz CT molecular complexity index is 1230. The molecule has 0 unspecified atom stereocenters. The number of benzene rings is 1. The Balaban J connectivity index is 1.63. The molecule has 0 atom stereocenters. The van der Waals surface area contributed by atoms with Crippen molar-refractivity contribution in [2.75, 3.05) is 13.1 Å². The number of nitrogens with one attached hydrogen (secondary N) is 2. The molecular weight excluding hydrogens is 468 g/mol. The summed E-state index contributed by atoms with van der Waals surface area (Å²) in [4.78, 5) is 36.9. The van der Waals surface area contributed by atoms with Gasteiger partial charge in [-0.3, -0.25) is 19.4 Å². The number of nitrogens with zero attached hydrogens (tertiary/aromatic N) is 2. The van der Waals surface area contributed by atoms with E-state index < -0.39 is 37.3 Å². The predicted octanol–water partition coefficient (Wildman–Crippen LogP) is 1.10. The zero-order chi connectivity index (χ0) is 22.8. The van der Waals surface area contributed by atoms with E-state index in [0.717, 1.165) is 0 Å². The van der Waals surface area contributed by atoms with Crippen molar-refractivity contribution in [2.45, 2.75) is 24.7 Å². The fourth-order valence-electron chi connectivity index (χ4n) is 3.14. The summed E-state index contributed by atoms with van der Waals surface area (Å²) in [7, 11) is -3.68. The van der Waals surface area contributed by atoms with E-state index in [0.29, 0.717) is 29.2 Å². The average molecular weight is 487 g/mol. The summed E-state index contributed by atoms with van der Waals surface area (Å²) in [6.45, 7) is 1.74. The summed E-state index contributed by atoms with van der Waals surface area (Å²) in [5.74, 6) is -0.894. The van der Waals surface area contributed by atoms with E-state index in [1.54, 1.807) is 0 Å². The molecule has 1 fully saturated rings. The van der Waals surface area contributed by atoms with Gasteiger partial charge in [-0.1, -0.05) is 11.6 Å². The Morgan fingerprint density at radius 2 is 1.87 bits per heavy atom. The fourth-order valence-corrected chi connectivity index (χ4v) is 5.39. The smallest absolute Gasteiger partial charge is 0.310 e. The molecule has 166 valence electrons. The first kappa shape index (κ1) is 23.1. The maximum Gasteiger partial charge on any atom is 0.310 e. The lowest BCUT2D eigenvalue weighted by Crippen LogP contribution is -2.42. The first-order chi connectivity index (χ1) is 14.6. The largest absolute Gasteiger partial charge is 0.499 e. The number of aromatic amines is 1. The van der Waals surface area contributed by atoms with Crippen LogP contribution in [-0.2, 0) is 14.8 Å². The second kappa shape index (κ2) is 9.30. The van der Waals surface area contributed by atoms with Crippen molar-refractivity contribution in [2.24, 2.45) is 11.0 Å². The Morgan fingerprint density at radius 1 is 1.26 bits per heavy atom. The zero-order valence-electron chi connectivity index (χ0n) is 16.3. The minimum absolute atomic E-state index is 0.0334. The highest BCUT2D eigenvalue weighted by Gasteiger charge is 2.32. The molecule has 0 spiro atoms. The average Bonchev–Trinajstić information content (AvgIpc) is 2.71. The minimum atomic E-state index is -3.68. The van der Waals surface area contributed by atoms with Gasteiger partial charge >= 0.3 is 4.87 Å². The summed E-state index contributed by atoms with van der Waals surface area (Å²) >= 11 is 6.25. The molecule has 3 rings (SSSR count). The van der Waals surface area contributed by atoms with Crippen LogP contribution < -0.4 is 15.9 Å². The number of piperidine rings is 1. The molecule has 1 amide bonds. The quantitative estimate of drug-likeness (QED) is 0.425. The van der Waals surface area contributed by atoms with E-state index in [-0.39, 0.29) is 29.3 Å². The topological polar surface area (TPSA) is 149 Å². The lowest BCUT2D eigenvalue weighted by Gasteiger charge is -2.30. The molecule has 2 heterocycles. The third-order valence-corrected chi connectivity index (χ3v) is 7.67. The normalized spacial score (nSPS) is 16.3. The van der Waals surface area contributed by atoms with Gasteiger partial charge in [-0.05, 0) is 55.4 Å². The first-order valence-corrected chi connectivity index (χ1v) is 11.8. The molecule has 1 aliphatic rings. The molecule has 3 N–H and O–H groups in total. The molecule has 2 aromatic rings. The predicted molar refractivity (Wildman–Crippen MR) is 116 cm³/mol. The number of carbonyl (C=O) groups is 1. The molecule has 0 aliphatic carbocycles. The highest BCUT2D eigenvalue weighted by Crippen LogP contribution is 2.25. The third kappa shape index (κ3) is 5.21. The van der Waals surface area contributed by atoms with Crippen LogP contribution in [0.25, 0.3) is 0 Å². The van der Waals surface area contributed by atoms with Crippen LogP contribution in [0.3, 0.4) is 0 Å². The van der Waals surface area contributed by atoms with Gasteiger partial charge in [0.05, 0.1) is 10.6 Å². The van der Waals surface area contributed by atoms with Crippen molar-refractivity contribution in [1.29, 1.82) is 0 Å². The van der Waals surface area contributed by atoms with Crippen LogP contribution in [0.15, 0.2) is 43.9 Å². The van der Waals surface area contributed by atoms with E-state index in [1.165, 1.54) is 35.5 Å². The molecule has 10 nitrogen and oxygen atoms in total. The molecule has 1 aliphatic heterocycles. The number of sulfonamides is 1. The van der Waals surface area contributed by atoms with Crippen LogP contribution in [0.2, 0.25) is 5.02 Å². The molecule has 0 radical (unpaired) electrons. The summed E-state index contributed by atoms with van der Waals surface area (Å²) in [6, 6.07) is 5.88. The van der Waals surface area contributed by atoms with Gasteiger partial charge in [0.25, 0.3) is 5.56 Å². The van der Waals surface area contributed by atoms with E-state index in [4.69, 9.17) is 11.6 Å². The van der Waals surface area contributed by atoms with E-state index in [2.05, 4.69) is 10.5 Å². The van der Waals surface area contributed by atoms with Crippen molar-refractivity contribution in [3.05, 3.63) is 54.9 Å². The SMILES string of the molecule is CC(=NNC(=O)C1CCN(S(=O)(=O)c2ccc(Cl)cc2)CC1)c1c(O)sc(=O)[nH]c1=O. The van der Waals surface area contributed by atoms with Crippen LogP contribution in [0.1, 0.15) is 25.3 Å². The second-order valence-electron chi connectivity index (χ2n) is 6.83. The lowest BCUT2D eigenvalue weighted by molar-refractivity contribution is -0.126. The van der Waals surface area contributed by atoms with Crippen molar-refractivity contribution in [1.82, 2.24) is 14.7 Å². The number of amides is 1. The van der Waals surface area contributed by atoms with E-state index in [1.807, 2.05) is 4.98 Å². The monoisotopic (exact) mass is 486 g/mol. The van der Waals surface area contributed by atoms with E-state index >= 15 is 0 Å². The summed E-state index contributed by atoms with van der Waals surface area (Å²) < 4.78 is 26.8. The third-order valence-electron chi connectivity index (χ3n) is 4.82. The van der Waals surface area contributed by atoms with Crippen molar-refractivity contribution in [3.63, 3.8) is 0 Å². The van der Waals surface area contributed by atoms with Crippen LogP contribution in [0, 0.1) is 5.92 Å². The van der Waals surface area contributed by atoms with Gasteiger partial charge in [-0.2, -0.15) is 9.41 Å². The number of aromatic nitrogens is 1. The second-order valence-corrected chi connectivity index (χ2v) is 10.2. The van der Waals surface area contributed by atoms with Crippen molar-refractivity contribution < 1.29 is 18.3 Å². The molecular formula is C18H19ClN4O6S2. The van der Waals surface area contributed by atoms with Gasteiger partial charge < -0.3 is 5.11 Å². The molecule has 1 aromatic carbocycles. The number of hydrazone groups is 1. The van der Waals surface area contributed by atoms with Gasteiger partial charge in [-0.25, -0.2) is 13.8 Å². The van der Waals surface area contributed by atoms with Gasteiger partial charge in [0.15, 0.2) is 5.06 Å². The molecule has 13 heteroatoms. The number of aromatic hydroxyl groups is 1. The number of H-pyrrole nitrogens is 1. The molecule has 0 saturated carbocycles. The first-order valence-electron chi connectivity index (χ1n) is 9.16. The Kier molecular flexibility index (Phi) is 6.94. The van der Waals surface area contributed by atoms with Crippen LogP contribution >= 0.6 is 22.9 Å². The number of hydrogen-bond acceptors (Lipinski definition) is 8. The summed E-state index contributed by atoms with van der Waals surface area (Å²) in [5.41, 5.74) is 1.37. The van der Waals surface area contributed by atoms with Crippen molar-refractivity contribution in [3.8, 4) is 5.06 Å². The number of hydrogen-bond donors (Lipinski definition) is 3. The number of carbonyl (C=O) groups excluding carboxylic acids is 1. The zero-order valence-corrected chi connectivity index (χ0v) is 18.7. The number of halogens is 1. The van der Waals surface area contributed by atoms with Crippen molar-refractivity contribution >= 4 is 44.6 Å². The van der Waals surface area contributed by atoms with Crippen LogP contribution in [0.5, 0.6) is 5.06 Å². The van der Waals surface area contributed by atoms with Gasteiger partial charge in [-0.15, -0.1) is 0 Å². The summed E-state index contributed by atoms with van der Waals surface area (Å²) in [6.07, 6.45) is 0.595.